The molecule has 2 nitrogen and oxygen atoms in total. The Kier molecular flexibility index (Phi) is 3.38. The number of nitriles is 1. The van der Waals surface area contributed by atoms with Crippen LogP contribution in [0, 0.1) is 18.3 Å². The van der Waals surface area contributed by atoms with E-state index in [9.17, 15) is 0 Å². The molecule has 0 heterocycles. The zero-order valence-corrected chi connectivity index (χ0v) is 9.22. The summed E-state index contributed by atoms with van der Waals surface area (Å²) < 4.78 is 5.12. The van der Waals surface area contributed by atoms with Crippen molar-refractivity contribution in [2.45, 2.75) is 19.8 Å². The van der Waals surface area contributed by atoms with Gasteiger partial charge in [0.15, 0.2) is 0 Å². The van der Waals surface area contributed by atoms with Crippen molar-refractivity contribution in [1.82, 2.24) is 0 Å². The van der Waals surface area contributed by atoms with Gasteiger partial charge in [-0.3, -0.25) is 0 Å². The van der Waals surface area contributed by atoms with Crippen molar-refractivity contribution in [3.63, 3.8) is 0 Å². The second kappa shape index (κ2) is 4.34. The molecule has 1 unspecified atom stereocenters. The molecule has 0 aliphatic rings. The molecule has 1 rings (SSSR count). The maximum atomic E-state index is 8.79. The Bertz CT molecular complexity index is 382. The molecular weight excluding hydrogens is 198 g/mol. The molecule has 0 spiro atoms. The second-order valence-corrected chi connectivity index (χ2v) is 3.58. The molecule has 0 bridgehead atoms. The lowest BCUT2D eigenvalue weighted by atomic mass is 10.0. The van der Waals surface area contributed by atoms with Gasteiger partial charge in [0.05, 0.1) is 24.1 Å². The van der Waals surface area contributed by atoms with Gasteiger partial charge in [-0.25, -0.2) is 0 Å². The minimum atomic E-state index is -0.139. The summed E-state index contributed by atoms with van der Waals surface area (Å²) in [7, 11) is 1.57. The third kappa shape index (κ3) is 2.00. The predicted octanol–water partition coefficient (Wildman–Crippen LogP) is 3.28. The van der Waals surface area contributed by atoms with Gasteiger partial charge >= 0.3 is 0 Å². The van der Waals surface area contributed by atoms with E-state index in [2.05, 4.69) is 6.07 Å². The van der Waals surface area contributed by atoms with Gasteiger partial charge in [-0.1, -0.05) is 17.7 Å². The first kappa shape index (κ1) is 10.9. The third-order valence-electron chi connectivity index (χ3n) is 2.16. The molecule has 0 aliphatic carbocycles. The highest BCUT2D eigenvalue weighted by molar-refractivity contribution is 6.32. The van der Waals surface area contributed by atoms with Crippen LogP contribution in [0.3, 0.4) is 0 Å². The van der Waals surface area contributed by atoms with Crippen molar-refractivity contribution < 1.29 is 4.74 Å². The normalized spacial score (nSPS) is 11.9. The summed E-state index contributed by atoms with van der Waals surface area (Å²) in [5.41, 5.74) is 1.87. The van der Waals surface area contributed by atoms with E-state index in [1.165, 1.54) is 0 Å². The summed E-state index contributed by atoms with van der Waals surface area (Å²) >= 11 is 6.01. The summed E-state index contributed by atoms with van der Waals surface area (Å²) in [4.78, 5) is 0. The highest BCUT2D eigenvalue weighted by Crippen LogP contribution is 2.31. The van der Waals surface area contributed by atoms with Crippen molar-refractivity contribution in [3.8, 4) is 11.8 Å². The average molecular weight is 210 g/mol. The lowest BCUT2D eigenvalue weighted by Crippen LogP contribution is -1.94. The van der Waals surface area contributed by atoms with Crippen LogP contribution in [-0.4, -0.2) is 7.11 Å². The van der Waals surface area contributed by atoms with E-state index in [0.29, 0.717) is 10.8 Å². The molecule has 0 amide bonds. The van der Waals surface area contributed by atoms with E-state index in [-0.39, 0.29) is 5.92 Å². The number of nitrogens with zero attached hydrogens (tertiary/aromatic N) is 1. The third-order valence-corrected chi connectivity index (χ3v) is 2.64. The van der Waals surface area contributed by atoms with Crippen molar-refractivity contribution in [1.29, 1.82) is 5.26 Å². The van der Waals surface area contributed by atoms with E-state index in [1.54, 1.807) is 7.11 Å². The van der Waals surface area contributed by atoms with Gasteiger partial charge in [0.25, 0.3) is 0 Å². The van der Waals surface area contributed by atoms with Crippen molar-refractivity contribution in [2.75, 3.05) is 7.11 Å². The summed E-state index contributed by atoms with van der Waals surface area (Å²) in [5, 5.41) is 9.40. The Morgan fingerprint density at radius 2 is 2.14 bits per heavy atom. The van der Waals surface area contributed by atoms with Crippen LogP contribution < -0.4 is 4.74 Å². The first-order chi connectivity index (χ1) is 6.60. The van der Waals surface area contributed by atoms with E-state index in [1.807, 2.05) is 26.0 Å². The van der Waals surface area contributed by atoms with Crippen molar-refractivity contribution in [3.05, 3.63) is 28.3 Å². The molecule has 0 fully saturated rings. The van der Waals surface area contributed by atoms with Crippen molar-refractivity contribution in [2.24, 2.45) is 0 Å². The van der Waals surface area contributed by atoms with Crippen LogP contribution in [0.2, 0.25) is 5.02 Å². The fourth-order valence-electron chi connectivity index (χ4n) is 1.24. The van der Waals surface area contributed by atoms with E-state index in [0.717, 1.165) is 11.1 Å². The molecule has 1 aromatic rings. The largest absolute Gasteiger partial charge is 0.495 e. The van der Waals surface area contributed by atoms with Crippen LogP contribution in [0.25, 0.3) is 0 Å². The van der Waals surface area contributed by atoms with Gasteiger partial charge < -0.3 is 4.74 Å². The second-order valence-electron chi connectivity index (χ2n) is 3.20. The quantitative estimate of drug-likeness (QED) is 0.749. The Hall–Kier alpha value is -1.20. The van der Waals surface area contributed by atoms with E-state index >= 15 is 0 Å². The Morgan fingerprint density at radius 3 is 2.64 bits per heavy atom. The molecule has 0 N–H and O–H groups in total. The molecule has 1 aromatic carbocycles. The summed E-state index contributed by atoms with van der Waals surface area (Å²) in [6.45, 7) is 3.75. The Morgan fingerprint density at radius 1 is 1.50 bits per heavy atom. The van der Waals surface area contributed by atoms with Gasteiger partial charge in [0, 0.05) is 0 Å². The highest BCUT2D eigenvalue weighted by Gasteiger charge is 2.10. The highest BCUT2D eigenvalue weighted by atomic mass is 35.5. The van der Waals surface area contributed by atoms with Crippen LogP contribution in [0.4, 0.5) is 0 Å². The Balaban J connectivity index is 3.24. The molecule has 0 radical (unpaired) electrons. The number of hydrogen-bond acceptors (Lipinski definition) is 2. The molecule has 3 heteroatoms. The van der Waals surface area contributed by atoms with Gasteiger partial charge in [-0.05, 0) is 31.0 Å². The first-order valence-corrected chi connectivity index (χ1v) is 4.71. The molecular formula is C11H12ClNO. The lowest BCUT2D eigenvalue weighted by molar-refractivity contribution is 0.414. The monoisotopic (exact) mass is 209 g/mol. The minimum absolute atomic E-state index is 0.139. The number of benzene rings is 1. The van der Waals surface area contributed by atoms with Gasteiger partial charge in [-0.15, -0.1) is 0 Å². The molecule has 74 valence electrons. The van der Waals surface area contributed by atoms with Crippen LogP contribution in [0.15, 0.2) is 12.1 Å². The zero-order valence-electron chi connectivity index (χ0n) is 8.47. The number of methoxy groups -OCH3 is 1. The van der Waals surface area contributed by atoms with Crippen LogP contribution >= 0.6 is 11.6 Å². The smallest absolute Gasteiger partial charge is 0.138 e. The van der Waals surface area contributed by atoms with Gasteiger partial charge in [-0.2, -0.15) is 5.26 Å². The van der Waals surface area contributed by atoms with Gasteiger partial charge in [0.2, 0.25) is 0 Å². The average Bonchev–Trinajstić information content (AvgIpc) is 2.20. The first-order valence-electron chi connectivity index (χ1n) is 4.33. The van der Waals surface area contributed by atoms with E-state index < -0.39 is 0 Å². The standard InChI is InChI=1S/C11H12ClNO/c1-7-4-9(8(2)6-13)5-10(14-3)11(7)12/h4-5,8H,1-3H3. The van der Waals surface area contributed by atoms with Crippen LogP contribution in [0.5, 0.6) is 5.75 Å². The minimum Gasteiger partial charge on any atom is -0.495 e. The molecule has 1 atom stereocenters. The predicted molar refractivity (Wildman–Crippen MR) is 56.8 cm³/mol. The summed E-state index contributed by atoms with van der Waals surface area (Å²) in [6, 6.07) is 5.90. The van der Waals surface area contributed by atoms with Crippen molar-refractivity contribution >= 4 is 11.6 Å². The number of hydrogen-bond donors (Lipinski definition) is 0. The number of ether oxygens (including phenoxy) is 1. The topological polar surface area (TPSA) is 33.0 Å². The molecule has 0 aromatic heterocycles. The SMILES string of the molecule is COc1cc(C(C)C#N)cc(C)c1Cl. The fraction of sp³-hybridized carbons (Fsp3) is 0.364. The number of aryl methyl sites for hydroxylation is 1. The summed E-state index contributed by atoms with van der Waals surface area (Å²) in [6.07, 6.45) is 0. The molecule has 14 heavy (non-hydrogen) atoms. The molecule has 0 saturated heterocycles. The lowest BCUT2D eigenvalue weighted by Gasteiger charge is -2.10. The zero-order chi connectivity index (χ0) is 10.7. The number of halogens is 1. The maximum absolute atomic E-state index is 8.79. The number of rotatable bonds is 2. The maximum Gasteiger partial charge on any atom is 0.138 e. The summed E-state index contributed by atoms with van der Waals surface area (Å²) in [5.74, 6) is 0.489. The molecule has 0 saturated carbocycles. The fourth-order valence-corrected chi connectivity index (χ4v) is 1.42. The van der Waals surface area contributed by atoms with E-state index in [4.69, 9.17) is 21.6 Å². The molecule has 0 aliphatic heterocycles. The Labute approximate surface area is 89.1 Å². The van der Waals surface area contributed by atoms with Crippen LogP contribution in [0.1, 0.15) is 24.0 Å². The van der Waals surface area contributed by atoms with Gasteiger partial charge in [0.1, 0.15) is 5.75 Å². The van der Waals surface area contributed by atoms with Crippen LogP contribution in [-0.2, 0) is 0 Å².